The van der Waals surface area contributed by atoms with Gasteiger partial charge in [0.15, 0.2) is 0 Å². The molecule has 0 aromatic carbocycles. The number of hydrazine groups is 1. The van der Waals surface area contributed by atoms with Crippen molar-refractivity contribution >= 4 is 0 Å². The van der Waals surface area contributed by atoms with Gasteiger partial charge in [-0.3, -0.25) is 11.3 Å². The molecule has 2 aliphatic rings. The van der Waals surface area contributed by atoms with E-state index in [-0.39, 0.29) is 0 Å². The van der Waals surface area contributed by atoms with Crippen LogP contribution in [0.25, 0.3) is 0 Å². The number of fused-ring (bicyclic) bond motifs is 1. The minimum Gasteiger partial charge on any atom is -0.271 e. The van der Waals surface area contributed by atoms with Crippen molar-refractivity contribution in [3.63, 3.8) is 0 Å². The SMILES string of the molecule is NNCC1C2CCCCC21. The highest BCUT2D eigenvalue weighted by molar-refractivity contribution is 4.99. The van der Waals surface area contributed by atoms with Gasteiger partial charge in [-0.15, -0.1) is 0 Å². The number of nitrogens with two attached hydrogens (primary N) is 1. The molecule has 2 aliphatic carbocycles. The predicted octanol–water partition coefficient (Wildman–Crippen LogP) is 0.886. The minimum atomic E-state index is 0.937. The Labute approximate surface area is 62.1 Å². The highest BCUT2D eigenvalue weighted by Crippen LogP contribution is 2.54. The van der Waals surface area contributed by atoms with Crippen LogP contribution in [0.1, 0.15) is 25.7 Å². The van der Waals surface area contributed by atoms with Crippen LogP contribution >= 0.6 is 0 Å². The lowest BCUT2D eigenvalue weighted by Crippen LogP contribution is -2.25. The molecule has 10 heavy (non-hydrogen) atoms. The zero-order chi connectivity index (χ0) is 6.97. The second-order valence-corrected chi connectivity index (χ2v) is 3.68. The van der Waals surface area contributed by atoms with Gasteiger partial charge in [-0.2, -0.15) is 0 Å². The fourth-order valence-corrected chi connectivity index (χ4v) is 2.58. The third-order valence-electron chi connectivity index (χ3n) is 3.19. The summed E-state index contributed by atoms with van der Waals surface area (Å²) in [6.07, 6.45) is 5.86. The fraction of sp³-hybridized carbons (Fsp3) is 1.00. The third kappa shape index (κ3) is 0.956. The molecule has 0 saturated heterocycles. The summed E-state index contributed by atoms with van der Waals surface area (Å²) >= 11 is 0. The first-order chi connectivity index (χ1) is 4.93. The van der Waals surface area contributed by atoms with Crippen molar-refractivity contribution < 1.29 is 0 Å². The molecule has 2 atom stereocenters. The van der Waals surface area contributed by atoms with Crippen LogP contribution in [0.3, 0.4) is 0 Å². The van der Waals surface area contributed by atoms with Crippen LogP contribution < -0.4 is 11.3 Å². The summed E-state index contributed by atoms with van der Waals surface area (Å²) in [5.41, 5.74) is 2.79. The van der Waals surface area contributed by atoms with Gasteiger partial charge in [-0.05, 0) is 30.6 Å². The number of hydrogen-bond donors (Lipinski definition) is 2. The van der Waals surface area contributed by atoms with E-state index in [2.05, 4.69) is 5.43 Å². The standard InChI is InChI=1S/C8H16N2/c9-10-5-8-6-3-1-2-4-7(6)8/h6-8,10H,1-5,9H2. The molecule has 3 N–H and O–H groups in total. The van der Waals surface area contributed by atoms with Crippen molar-refractivity contribution in [2.24, 2.45) is 23.6 Å². The molecule has 0 aliphatic heterocycles. The zero-order valence-electron chi connectivity index (χ0n) is 6.34. The van der Waals surface area contributed by atoms with Gasteiger partial charge in [-0.25, -0.2) is 0 Å². The van der Waals surface area contributed by atoms with Crippen molar-refractivity contribution in [2.45, 2.75) is 25.7 Å². The Kier molecular flexibility index (Phi) is 1.66. The Morgan fingerprint density at radius 2 is 1.80 bits per heavy atom. The summed E-state index contributed by atoms with van der Waals surface area (Å²) in [7, 11) is 0. The van der Waals surface area contributed by atoms with E-state index in [1.807, 2.05) is 0 Å². The lowest BCUT2D eigenvalue weighted by Gasteiger charge is -2.04. The van der Waals surface area contributed by atoms with E-state index in [0.717, 1.165) is 24.3 Å². The van der Waals surface area contributed by atoms with E-state index in [0.29, 0.717) is 0 Å². The highest BCUT2D eigenvalue weighted by atomic mass is 15.2. The number of rotatable bonds is 2. The molecule has 2 rings (SSSR count). The molecule has 0 bridgehead atoms. The Bertz CT molecular complexity index is 112. The number of nitrogens with one attached hydrogen (secondary N) is 1. The monoisotopic (exact) mass is 140 g/mol. The molecule has 0 radical (unpaired) electrons. The summed E-state index contributed by atoms with van der Waals surface area (Å²) in [4.78, 5) is 0. The Hall–Kier alpha value is -0.0800. The normalized spacial score (nSPS) is 44.7. The molecule has 2 saturated carbocycles. The molecule has 0 heterocycles. The van der Waals surface area contributed by atoms with Crippen LogP contribution in [-0.2, 0) is 0 Å². The van der Waals surface area contributed by atoms with E-state index >= 15 is 0 Å². The molecule has 58 valence electrons. The fourth-order valence-electron chi connectivity index (χ4n) is 2.58. The first-order valence-electron chi connectivity index (χ1n) is 4.37. The minimum absolute atomic E-state index is 0.937. The maximum atomic E-state index is 5.27. The van der Waals surface area contributed by atoms with Crippen LogP contribution in [0, 0.1) is 17.8 Å². The Balaban J connectivity index is 1.82. The van der Waals surface area contributed by atoms with Crippen molar-refractivity contribution in [1.29, 1.82) is 0 Å². The van der Waals surface area contributed by atoms with E-state index in [9.17, 15) is 0 Å². The van der Waals surface area contributed by atoms with Gasteiger partial charge >= 0.3 is 0 Å². The molecule has 0 aromatic rings. The molecule has 0 aromatic heterocycles. The summed E-state index contributed by atoms with van der Waals surface area (Å²) in [5, 5.41) is 0. The van der Waals surface area contributed by atoms with Crippen molar-refractivity contribution in [2.75, 3.05) is 6.54 Å². The van der Waals surface area contributed by atoms with Gasteiger partial charge in [0.25, 0.3) is 0 Å². The average molecular weight is 140 g/mol. The van der Waals surface area contributed by atoms with Crippen molar-refractivity contribution in [3.05, 3.63) is 0 Å². The topological polar surface area (TPSA) is 38.0 Å². The van der Waals surface area contributed by atoms with Gasteiger partial charge < -0.3 is 0 Å². The molecular weight excluding hydrogens is 124 g/mol. The first-order valence-corrected chi connectivity index (χ1v) is 4.37. The van der Waals surface area contributed by atoms with E-state index in [1.165, 1.54) is 25.7 Å². The quantitative estimate of drug-likeness (QED) is 0.441. The van der Waals surface area contributed by atoms with Crippen LogP contribution in [0.5, 0.6) is 0 Å². The second-order valence-electron chi connectivity index (χ2n) is 3.68. The summed E-state index contributed by atoms with van der Waals surface area (Å²) < 4.78 is 0. The molecule has 2 heteroatoms. The predicted molar refractivity (Wildman–Crippen MR) is 41.1 cm³/mol. The van der Waals surface area contributed by atoms with E-state index < -0.39 is 0 Å². The summed E-state index contributed by atoms with van der Waals surface area (Å²) in [5.74, 6) is 8.30. The zero-order valence-corrected chi connectivity index (χ0v) is 6.34. The first kappa shape index (κ1) is 6.62. The van der Waals surface area contributed by atoms with Crippen LogP contribution in [0.2, 0.25) is 0 Å². The van der Waals surface area contributed by atoms with Gasteiger partial charge in [0.1, 0.15) is 0 Å². The average Bonchev–Trinajstić information content (AvgIpc) is 2.66. The smallest absolute Gasteiger partial charge is 0.0131 e. The van der Waals surface area contributed by atoms with Crippen molar-refractivity contribution in [3.8, 4) is 0 Å². The van der Waals surface area contributed by atoms with Gasteiger partial charge in [0.05, 0.1) is 0 Å². The lowest BCUT2D eigenvalue weighted by molar-refractivity contribution is 0.480. The maximum Gasteiger partial charge on any atom is 0.0131 e. The molecular formula is C8H16N2. The molecule has 2 nitrogen and oxygen atoms in total. The highest BCUT2D eigenvalue weighted by Gasteiger charge is 2.49. The maximum absolute atomic E-state index is 5.27. The van der Waals surface area contributed by atoms with Crippen LogP contribution in [0.15, 0.2) is 0 Å². The Morgan fingerprint density at radius 3 is 2.30 bits per heavy atom. The third-order valence-corrected chi connectivity index (χ3v) is 3.19. The largest absolute Gasteiger partial charge is 0.271 e. The van der Waals surface area contributed by atoms with E-state index in [4.69, 9.17) is 5.84 Å². The molecule has 0 amide bonds. The van der Waals surface area contributed by atoms with Crippen LogP contribution in [0.4, 0.5) is 0 Å². The van der Waals surface area contributed by atoms with Crippen molar-refractivity contribution in [1.82, 2.24) is 5.43 Å². The molecule has 0 spiro atoms. The van der Waals surface area contributed by atoms with Gasteiger partial charge in [0.2, 0.25) is 0 Å². The summed E-state index contributed by atoms with van der Waals surface area (Å²) in [6.45, 7) is 1.05. The number of hydrogen-bond acceptors (Lipinski definition) is 2. The van der Waals surface area contributed by atoms with Gasteiger partial charge in [-0.1, -0.05) is 12.8 Å². The summed E-state index contributed by atoms with van der Waals surface area (Å²) in [6, 6.07) is 0. The lowest BCUT2D eigenvalue weighted by atomic mass is 10.0. The van der Waals surface area contributed by atoms with E-state index in [1.54, 1.807) is 0 Å². The Morgan fingerprint density at radius 1 is 1.20 bits per heavy atom. The van der Waals surface area contributed by atoms with Gasteiger partial charge in [0, 0.05) is 6.54 Å². The van der Waals surface area contributed by atoms with Crippen LogP contribution in [-0.4, -0.2) is 6.54 Å². The second kappa shape index (κ2) is 2.51. The molecule has 2 fully saturated rings. The molecule has 2 unspecified atom stereocenters.